The molecule has 10 nitrogen and oxygen atoms in total. The minimum absolute atomic E-state index is 0.213. The molecule has 1 saturated heterocycles. The summed E-state index contributed by atoms with van der Waals surface area (Å²) >= 11 is 0. The highest BCUT2D eigenvalue weighted by Crippen LogP contribution is 2.38. The average Bonchev–Trinajstić information content (AvgIpc) is 3.09. The van der Waals surface area contributed by atoms with Crippen molar-refractivity contribution in [3.63, 3.8) is 0 Å². The number of esters is 2. The fourth-order valence-corrected chi connectivity index (χ4v) is 4.67. The number of hydrogen-bond acceptors (Lipinski definition) is 8. The summed E-state index contributed by atoms with van der Waals surface area (Å²) in [5, 5.41) is 21.0. The maximum atomic E-state index is 13.9. The summed E-state index contributed by atoms with van der Waals surface area (Å²) in [4.78, 5) is 52.6. The first-order valence-electron chi connectivity index (χ1n) is 13.7. The number of β-amino-alcohol motifs (C(OH)–C–C–N with tert-alkyl or cyclic N) is 2. The van der Waals surface area contributed by atoms with Crippen LogP contribution >= 0.6 is 0 Å². The molecule has 216 valence electrons. The monoisotopic (exact) mass is 538 g/mol. The molecule has 1 heterocycles. The zero-order valence-electron chi connectivity index (χ0n) is 23.1. The van der Waals surface area contributed by atoms with Crippen molar-refractivity contribution < 1.29 is 38.9 Å². The fraction of sp³-hybridized carbons (Fsp3) is 0.714. The molecule has 0 saturated carbocycles. The van der Waals surface area contributed by atoms with Crippen LogP contribution in [0.1, 0.15) is 84.5 Å². The Bertz CT molecular complexity index is 802. The molecule has 3 unspecified atom stereocenters. The smallest absolute Gasteiger partial charge is 0.330 e. The van der Waals surface area contributed by atoms with E-state index in [4.69, 9.17) is 9.47 Å². The highest BCUT2D eigenvalue weighted by Gasteiger charge is 2.56. The van der Waals surface area contributed by atoms with Crippen LogP contribution in [0, 0.1) is 0 Å². The van der Waals surface area contributed by atoms with E-state index in [1.54, 1.807) is 0 Å². The molecule has 10 heteroatoms. The highest BCUT2D eigenvalue weighted by atomic mass is 16.5. The van der Waals surface area contributed by atoms with E-state index in [-0.39, 0.29) is 19.7 Å². The molecule has 1 aliphatic heterocycles. The molecule has 3 atom stereocenters. The Labute approximate surface area is 226 Å². The number of urea groups is 1. The van der Waals surface area contributed by atoms with Gasteiger partial charge in [-0.05, 0) is 12.8 Å². The van der Waals surface area contributed by atoms with E-state index in [1.165, 1.54) is 4.90 Å². The molecule has 0 spiro atoms. The van der Waals surface area contributed by atoms with Gasteiger partial charge in [-0.3, -0.25) is 9.69 Å². The van der Waals surface area contributed by atoms with Crippen molar-refractivity contribution >= 4 is 23.9 Å². The number of carbonyl (C=O) groups is 4. The molecule has 3 amide bonds. The van der Waals surface area contributed by atoms with Crippen molar-refractivity contribution in [2.45, 2.75) is 102 Å². The number of unbranched alkanes of at least 4 members (excludes halogenated alkanes) is 7. The Morgan fingerprint density at radius 1 is 0.816 bits per heavy atom. The molecule has 38 heavy (non-hydrogen) atoms. The van der Waals surface area contributed by atoms with Crippen molar-refractivity contribution in [1.82, 2.24) is 9.80 Å². The number of hydrogen-bond donors (Lipinski definition) is 2. The van der Waals surface area contributed by atoms with Gasteiger partial charge in [-0.25, -0.2) is 14.4 Å². The number of carbonyl (C=O) groups excluding carboxylic acids is 4. The van der Waals surface area contributed by atoms with E-state index >= 15 is 0 Å². The summed E-state index contributed by atoms with van der Waals surface area (Å²) in [6.07, 6.45) is 8.79. The molecule has 0 aromatic heterocycles. The number of amides is 3. The Kier molecular flexibility index (Phi) is 15.5. The maximum absolute atomic E-state index is 13.9. The van der Waals surface area contributed by atoms with E-state index in [0.29, 0.717) is 19.3 Å². The standard InChI is InChI=1S/C28H46N2O8/c1-5-9-11-12-13-15-17-28(16-14-10-6-2)26(35)29(18-22(31)20-37-24(33)7-3)27(36)30(28)19-23(32)21-38-25(34)8-4/h7-8,22-23,31-32H,3-6,9-21H2,1-2H3. The molecule has 2 N–H and O–H groups in total. The van der Waals surface area contributed by atoms with Crippen LogP contribution in [0.3, 0.4) is 0 Å². The van der Waals surface area contributed by atoms with Gasteiger partial charge in [-0.1, -0.05) is 84.8 Å². The summed E-state index contributed by atoms with van der Waals surface area (Å²) in [7, 11) is 0. The van der Waals surface area contributed by atoms with Crippen molar-refractivity contribution in [1.29, 1.82) is 0 Å². The zero-order chi connectivity index (χ0) is 28.6. The number of aliphatic hydroxyl groups is 2. The first-order chi connectivity index (χ1) is 18.2. The molecular weight excluding hydrogens is 492 g/mol. The molecule has 1 aliphatic rings. The van der Waals surface area contributed by atoms with Crippen molar-refractivity contribution in [3.05, 3.63) is 25.3 Å². The summed E-state index contributed by atoms with van der Waals surface area (Å²) in [5.74, 6) is -1.86. The number of rotatable bonds is 21. The van der Waals surface area contributed by atoms with E-state index in [2.05, 4.69) is 20.1 Å². The highest BCUT2D eigenvalue weighted by molar-refractivity contribution is 6.07. The van der Waals surface area contributed by atoms with Gasteiger partial charge in [0.2, 0.25) is 0 Å². The van der Waals surface area contributed by atoms with Crippen LogP contribution in [-0.2, 0) is 23.9 Å². The Balaban J connectivity index is 3.18. The molecule has 1 fully saturated rings. The molecule has 0 bridgehead atoms. The minimum Gasteiger partial charge on any atom is -0.460 e. The van der Waals surface area contributed by atoms with Crippen LogP contribution < -0.4 is 0 Å². The van der Waals surface area contributed by atoms with Gasteiger partial charge in [0.25, 0.3) is 5.91 Å². The molecule has 0 aromatic carbocycles. The second-order valence-electron chi connectivity index (χ2n) is 9.79. The maximum Gasteiger partial charge on any atom is 0.330 e. The van der Waals surface area contributed by atoms with Crippen molar-refractivity contribution in [2.75, 3.05) is 26.3 Å². The molecule has 0 aliphatic carbocycles. The van der Waals surface area contributed by atoms with Gasteiger partial charge < -0.3 is 24.6 Å². The van der Waals surface area contributed by atoms with Crippen LogP contribution in [0.2, 0.25) is 0 Å². The average molecular weight is 539 g/mol. The lowest BCUT2D eigenvalue weighted by molar-refractivity contribution is -0.143. The minimum atomic E-state index is -1.28. The Morgan fingerprint density at radius 2 is 1.26 bits per heavy atom. The van der Waals surface area contributed by atoms with Crippen LogP contribution in [0.4, 0.5) is 4.79 Å². The van der Waals surface area contributed by atoms with Crippen molar-refractivity contribution in [2.24, 2.45) is 0 Å². The van der Waals surface area contributed by atoms with Gasteiger partial charge >= 0.3 is 18.0 Å². The first-order valence-corrected chi connectivity index (χ1v) is 13.7. The van der Waals surface area contributed by atoms with Crippen molar-refractivity contribution in [3.8, 4) is 0 Å². The first kappa shape index (κ1) is 33.3. The lowest BCUT2D eigenvalue weighted by atomic mass is 9.84. The summed E-state index contributed by atoms with van der Waals surface area (Å²) < 4.78 is 9.81. The topological polar surface area (TPSA) is 134 Å². The molecule has 0 radical (unpaired) electrons. The second-order valence-corrected chi connectivity index (χ2v) is 9.79. The van der Waals surface area contributed by atoms with Gasteiger partial charge in [-0.15, -0.1) is 0 Å². The van der Waals surface area contributed by atoms with E-state index in [1.807, 2.05) is 6.92 Å². The van der Waals surface area contributed by atoms with Crippen LogP contribution in [0.5, 0.6) is 0 Å². The lowest BCUT2D eigenvalue weighted by Gasteiger charge is -2.36. The largest absolute Gasteiger partial charge is 0.460 e. The SMILES string of the molecule is C=CC(=O)OCC(O)CN1C(=O)N(CC(O)COC(=O)C=C)C(CCCCC)(CCCCCCCC)C1=O. The van der Waals surface area contributed by atoms with Crippen LogP contribution in [0.25, 0.3) is 0 Å². The second kappa shape index (κ2) is 17.7. The Hall–Kier alpha value is -2.72. The lowest BCUT2D eigenvalue weighted by Crippen LogP contribution is -2.52. The van der Waals surface area contributed by atoms with E-state index < -0.39 is 48.2 Å². The summed E-state index contributed by atoms with van der Waals surface area (Å²) in [6, 6.07) is -0.638. The third kappa shape index (κ3) is 10.2. The fourth-order valence-electron chi connectivity index (χ4n) is 4.67. The molecular formula is C28H46N2O8. The predicted molar refractivity (Wildman–Crippen MR) is 143 cm³/mol. The third-order valence-electron chi connectivity index (χ3n) is 6.72. The summed E-state index contributed by atoms with van der Waals surface area (Å²) in [6.45, 7) is 9.49. The quantitative estimate of drug-likeness (QED) is 0.0982. The van der Waals surface area contributed by atoms with Gasteiger partial charge in [0, 0.05) is 12.2 Å². The third-order valence-corrected chi connectivity index (χ3v) is 6.72. The normalized spacial score (nSPS) is 18.8. The van der Waals surface area contributed by atoms with E-state index in [0.717, 1.165) is 68.4 Å². The van der Waals surface area contributed by atoms with Gasteiger partial charge in [0.05, 0.1) is 13.1 Å². The van der Waals surface area contributed by atoms with E-state index in [9.17, 15) is 29.4 Å². The Morgan fingerprint density at radius 3 is 1.79 bits per heavy atom. The van der Waals surface area contributed by atoms with Crippen LogP contribution in [0.15, 0.2) is 25.3 Å². The van der Waals surface area contributed by atoms with Gasteiger partial charge in [0.1, 0.15) is 31.0 Å². The molecule has 0 aromatic rings. The summed E-state index contributed by atoms with van der Waals surface area (Å²) in [5.41, 5.74) is -1.18. The van der Waals surface area contributed by atoms with Gasteiger partial charge in [-0.2, -0.15) is 0 Å². The number of ether oxygens (including phenoxy) is 2. The number of nitrogens with zero attached hydrogens (tertiary/aromatic N) is 2. The van der Waals surface area contributed by atoms with Gasteiger partial charge in [0.15, 0.2) is 0 Å². The number of imide groups is 1. The molecule has 1 rings (SSSR count). The van der Waals surface area contributed by atoms with Crippen LogP contribution in [-0.4, -0.2) is 87.9 Å². The number of aliphatic hydroxyl groups excluding tert-OH is 2. The predicted octanol–water partition coefficient (Wildman–Crippen LogP) is 3.50. The zero-order valence-corrected chi connectivity index (χ0v) is 23.1.